The standard InChI is InChI=1S/C15H16N2O2/c1-10-8-13(6-7-14(10)15(16)17)19-12-5-3-4-11(9-12)18-2/h3-9H,1-2H3,(H3,16,17). The maximum Gasteiger partial charge on any atom is 0.131 e. The van der Waals surface area contributed by atoms with E-state index in [4.69, 9.17) is 20.6 Å². The minimum Gasteiger partial charge on any atom is -0.497 e. The first-order valence-electron chi connectivity index (χ1n) is 5.87. The molecule has 19 heavy (non-hydrogen) atoms. The highest BCUT2D eigenvalue weighted by Gasteiger charge is 2.04. The summed E-state index contributed by atoms with van der Waals surface area (Å²) in [6.07, 6.45) is 0. The average Bonchev–Trinajstić information content (AvgIpc) is 2.38. The van der Waals surface area contributed by atoms with Crippen LogP contribution in [0, 0.1) is 12.3 Å². The monoisotopic (exact) mass is 256 g/mol. The first-order valence-corrected chi connectivity index (χ1v) is 5.87. The normalized spacial score (nSPS) is 10.0. The molecular weight excluding hydrogens is 240 g/mol. The number of methoxy groups -OCH3 is 1. The fraction of sp³-hybridized carbons (Fsp3) is 0.133. The molecule has 4 heteroatoms. The van der Waals surface area contributed by atoms with Crippen molar-refractivity contribution in [1.29, 1.82) is 5.41 Å². The molecule has 2 aromatic carbocycles. The number of aryl methyl sites for hydroxylation is 1. The molecule has 2 aromatic rings. The molecule has 0 unspecified atom stereocenters. The topological polar surface area (TPSA) is 68.3 Å². The second kappa shape index (κ2) is 5.44. The predicted octanol–water partition coefficient (Wildman–Crippen LogP) is 3.08. The number of benzene rings is 2. The molecule has 98 valence electrons. The molecule has 0 aliphatic carbocycles. The van der Waals surface area contributed by atoms with Crippen molar-refractivity contribution in [2.75, 3.05) is 7.11 Å². The Morgan fingerprint density at radius 2 is 1.74 bits per heavy atom. The summed E-state index contributed by atoms with van der Waals surface area (Å²) < 4.78 is 10.9. The maximum absolute atomic E-state index is 7.44. The number of hydrogen-bond donors (Lipinski definition) is 2. The molecule has 0 amide bonds. The molecule has 2 rings (SSSR count). The van der Waals surface area contributed by atoms with Gasteiger partial charge >= 0.3 is 0 Å². The number of rotatable bonds is 4. The molecule has 0 saturated carbocycles. The molecule has 0 bridgehead atoms. The Hall–Kier alpha value is -2.49. The maximum atomic E-state index is 7.44. The molecule has 0 fully saturated rings. The Morgan fingerprint density at radius 1 is 1.05 bits per heavy atom. The van der Waals surface area contributed by atoms with Crippen molar-refractivity contribution in [2.45, 2.75) is 6.92 Å². The van der Waals surface area contributed by atoms with Crippen molar-refractivity contribution in [3.05, 3.63) is 53.6 Å². The zero-order chi connectivity index (χ0) is 13.8. The van der Waals surface area contributed by atoms with Crippen molar-refractivity contribution in [2.24, 2.45) is 5.73 Å². The molecule has 0 aliphatic rings. The Labute approximate surface area is 112 Å². The number of nitrogens with one attached hydrogen (secondary N) is 1. The van der Waals surface area contributed by atoms with Crippen LogP contribution in [0.2, 0.25) is 0 Å². The largest absolute Gasteiger partial charge is 0.497 e. The SMILES string of the molecule is COc1cccc(Oc2ccc(C(=N)N)c(C)c2)c1. The zero-order valence-corrected chi connectivity index (χ0v) is 10.9. The minimum atomic E-state index is 0.0606. The summed E-state index contributed by atoms with van der Waals surface area (Å²) in [7, 11) is 1.62. The molecular formula is C15H16N2O2. The highest BCUT2D eigenvalue weighted by molar-refractivity contribution is 5.96. The van der Waals surface area contributed by atoms with E-state index in [1.165, 1.54) is 0 Å². The van der Waals surface area contributed by atoms with Gasteiger partial charge in [-0.2, -0.15) is 0 Å². The fourth-order valence-corrected chi connectivity index (χ4v) is 1.80. The van der Waals surface area contributed by atoms with Gasteiger partial charge in [0.25, 0.3) is 0 Å². The third kappa shape index (κ3) is 3.04. The summed E-state index contributed by atoms with van der Waals surface area (Å²) >= 11 is 0. The van der Waals surface area contributed by atoms with E-state index < -0.39 is 0 Å². The summed E-state index contributed by atoms with van der Waals surface area (Å²) in [4.78, 5) is 0. The molecule has 0 atom stereocenters. The molecule has 0 spiro atoms. The van der Waals surface area contributed by atoms with E-state index in [2.05, 4.69) is 0 Å². The van der Waals surface area contributed by atoms with Crippen LogP contribution >= 0.6 is 0 Å². The predicted molar refractivity (Wildman–Crippen MR) is 75.3 cm³/mol. The van der Waals surface area contributed by atoms with E-state index in [0.29, 0.717) is 11.5 Å². The number of nitrogens with two attached hydrogens (primary N) is 1. The average molecular weight is 256 g/mol. The third-order valence-corrected chi connectivity index (χ3v) is 2.76. The molecule has 0 aliphatic heterocycles. The summed E-state index contributed by atoms with van der Waals surface area (Å²) in [6.45, 7) is 1.90. The van der Waals surface area contributed by atoms with Crippen molar-refractivity contribution in [1.82, 2.24) is 0 Å². The highest BCUT2D eigenvalue weighted by Crippen LogP contribution is 2.26. The van der Waals surface area contributed by atoms with Crippen LogP contribution in [0.3, 0.4) is 0 Å². The van der Waals surface area contributed by atoms with Crippen molar-refractivity contribution in [3.63, 3.8) is 0 Å². The lowest BCUT2D eigenvalue weighted by atomic mass is 10.1. The van der Waals surface area contributed by atoms with Gasteiger partial charge in [0.15, 0.2) is 0 Å². The lowest BCUT2D eigenvalue weighted by Gasteiger charge is -2.10. The van der Waals surface area contributed by atoms with Gasteiger partial charge < -0.3 is 15.2 Å². The van der Waals surface area contributed by atoms with Gasteiger partial charge in [0.05, 0.1) is 7.11 Å². The van der Waals surface area contributed by atoms with E-state index >= 15 is 0 Å². The van der Waals surface area contributed by atoms with Gasteiger partial charge in [-0.05, 0) is 42.8 Å². The molecule has 0 heterocycles. The van der Waals surface area contributed by atoms with Crippen molar-refractivity contribution in [3.8, 4) is 17.2 Å². The van der Waals surface area contributed by atoms with Crippen LogP contribution in [0.15, 0.2) is 42.5 Å². The lowest BCUT2D eigenvalue weighted by Crippen LogP contribution is -2.12. The zero-order valence-electron chi connectivity index (χ0n) is 10.9. The summed E-state index contributed by atoms with van der Waals surface area (Å²) in [5, 5.41) is 7.44. The summed E-state index contributed by atoms with van der Waals surface area (Å²) in [5.41, 5.74) is 7.11. The van der Waals surface area contributed by atoms with E-state index in [-0.39, 0.29) is 5.84 Å². The first kappa shape index (κ1) is 13.0. The smallest absolute Gasteiger partial charge is 0.131 e. The van der Waals surface area contributed by atoms with Gasteiger partial charge in [-0.15, -0.1) is 0 Å². The van der Waals surface area contributed by atoms with Gasteiger partial charge in [-0.1, -0.05) is 6.07 Å². The molecule has 4 nitrogen and oxygen atoms in total. The number of nitrogen functional groups attached to an aromatic ring is 1. The Bertz CT molecular complexity index is 609. The van der Waals surface area contributed by atoms with E-state index in [1.807, 2.05) is 37.3 Å². The van der Waals surface area contributed by atoms with Crippen molar-refractivity contribution < 1.29 is 9.47 Å². The van der Waals surface area contributed by atoms with Crippen molar-refractivity contribution >= 4 is 5.84 Å². The fourth-order valence-electron chi connectivity index (χ4n) is 1.80. The second-order valence-corrected chi connectivity index (χ2v) is 4.17. The molecule has 0 radical (unpaired) electrons. The number of ether oxygens (including phenoxy) is 2. The van der Waals surface area contributed by atoms with E-state index in [1.54, 1.807) is 19.2 Å². The Balaban J connectivity index is 2.23. The molecule has 0 saturated heterocycles. The van der Waals surface area contributed by atoms with E-state index in [9.17, 15) is 0 Å². The van der Waals surface area contributed by atoms with Crippen LogP contribution in [0.5, 0.6) is 17.2 Å². The van der Waals surface area contributed by atoms with Crippen LogP contribution in [0.1, 0.15) is 11.1 Å². The number of hydrogen-bond acceptors (Lipinski definition) is 3. The van der Waals surface area contributed by atoms with Crippen LogP contribution < -0.4 is 15.2 Å². The molecule has 0 aromatic heterocycles. The Kier molecular flexibility index (Phi) is 3.71. The van der Waals surface area contributed by atoms with Crippen LogP contribution in [0.25, 0.3) is 0 Å². The van der Waals surface area contributed by atoms with Gasteiger partial charge in [-0.25, -0.2) is 0 Å². The van der Waals surface area contributed by atoms with Gasteiger partial charge in [0, 0.05) is 11.6 Å². The summed E-state index contributed by atoms with van der Waals surface area (Å²) in [5.74, 6) is 2.21. The van der Waals surface area contributed by atoms with Gasteiger partial charge in [0.1, 0.15) is 23.1 Å². The van der Waals surface area contributed by atoms with E-state index in [0.717, 1.165) is 16.9 Å². The van der Waals surface area contributed by atoms with Crippen LogP contribution in [0.4, 0.5) is 0 Å². The number of amidine groups is 1. The second-order valence-electron chi connectivity index (χ2n) is 4.17. The first-order chi connectivity index (χ1) is 9.10. The van der Waals surface area contributed by atoms with Gasteiger partial charge in [-0.3, -0.25) is 5.41 Å². The Morgan fingerprint density at radius 3 is 2.37 bits per heavy atom. The molecule has 3 N–H and O–H groups in total. The van der Waals surface area contributed by atoms with Gasteiger partial charge in [0.2, 0.25) is 0 Å². The van der Waals surface area contributed by atoms with Crippen LogP contribution in [-0.4, -0.2) is 12.9 Å². The lowest BCUT2D eigenvalue weighted by molar-refractivity contribution is 0.409. The summed E-state index contributed by atoms with van der Waals surface area (Å²) in [6, 6.07) is 12.8. The van der Waals surface area contributed by atoms with Crippen LogP contribution in [-0.2, 0) is 0 Å². The quantitative estimate of drug-likeness (QED) is 0.652. The minimum absolute atomic E-state index is 0.0606. The third-order valence-electron chi connectivity index (χ3n) is 2.76. The highest BCUT2D eigenvalue weighted by atomic mass is 16.5.